The highest BCUT2D eigenvalue weighted by Crippen LogP contribution is 2.34. The molecule has 0 radical (unpaired) electrons. The van der Waals surface area contributed by atoms with Gasteiger partial charge < -0.3 is 34.8 Å². The van der Waals surface area contributed by atoms with Gasteiger partial charge in [0.2, 0.25) is 0 Å². The highest BCUT2D eigenvalue weighted by atomic mass is 16.8. The Bertz CT molecular complexity index is 1730. The van der Waals surface area contributed by atoms with E-state index in [0.29, 0.717) is 22.1 Å². The molecule has 0 saturated heterocycles. The van der Waals surface area contributed by atoms with E-state index in [1.807, 2.05) is 0 Å². The van der Waals surface area contributed by atoms with Crippen LogP contribution in [-0.4, -0.2) is 61.9 Å². The molecule has 0 saturated carbocycles. The highest BCUT2D eigenvalue weighted by Gasteiger charge is 2.57. The summed E-state index contributed by atoms with van der Waals surface area (Å²) in [6.07, 6.45) is -1.80. The fourth-order valence-corrected chi connectivity index (χ4v) is 5.54. The number of nitrogens with one attached hydrogen (secondary N) is 2. The van der Waals surface area contributed by atoms with Crippen molar-refractivity contribution in [1.82, 2.24) is 15.4 Å². The average molecular weight is 660 g/mol. The van der Waals surface area contributed by atoms with Crippen molar-refractivity contribution in [3.8, 4) is 0 Å². The highest BCUT2D eigenvalue weighted by molar-refractivity contribution is 5.95. The maximum atomic E-state index is 14.5. The van der Waals surface area contributed by atoms with Crippen molar-refractivity contribution in [3.63, 3.8) is 0 Å². The molecular formula is C35H37N3O10. The van der Waals surface area contributed by atoms with Crippen LogP contribution in [0.25, 0.3) is 10.9 Å². The molecule has 1 aromatic heterocycles. The number of rotatable bonds is 14. The molecule has 0 aliphatic carbocycles. The second kappa shape index (κ2) is 16.1. The van der Waals surface area contributed by atoms with Crippen LogP contribution < -0.4 is 5.32 Å². The molecule has 0 spiro atoms. The maximum Gasteiger partial charge on any atom is 0.533 e. The van der Waals surface area contributed by atoms with Gasteiger partial charge in [0.15, 0.2) is 5.54 Å². The van der Waals surface area contributed by atoms with E-state index < -0.39 is 54.0 Å². The second-order valence-corrected chi connectivity index (χ2v) is 11.0. The molecule has 4 rings (SSSR count). The molecule has 13 heteroatoms. The van der Waals surface area contributed by atoms with Crippen LogP contribution in [0, 0.1) is 5.92 Å². The van der Waals surface area contributed by atoms with E-state index in [1.54, 1.807) is 91.1 Å². The number of hydrogen-bond acceptors (Lipinski definition) is 8. The van der Waals surface area contributed by atoms with Gasteiger partial charge in [-0.25, -0.2) is 14.4 Å². The lowest BCUT2D eigenvalue weighted by atomic mass is 9.78. The third-order valence-electron chi connectivity index (χ3n) is 8.02. The molecule has 0 bridgehead atoms. The Labute approximate surface area is 276 Å². The topological polar surface area (TPSA) is 185 Å². The van der Waals surface area contributed by atoms with Gasteiger partial charge in [-0.2, -0.15) is 0 Å². The van der Waals surface area contributed by atoms with Crippen molar-refractivity contribution in [2.75, 3.05) is 0 Å². The summed E-state index contributed by atoms with van der Waals surface area (Å²) in [7, 11) is 0. The molecule has 2 amide bonds. The predicted molar refractivity (Wildman–Crippen MR) is 172 cm³/mol. The van der Waals surface area contributed by atoms with Crippen molar-refractivity contribution >= 4 is 41.0 Å². The first-order chi connectivity index (χ1) is 23.1. The second-order valence-electron chi connectivity index (χ2n) is 11.0. The lowest BCUT2D eigenvalue weighted by Gasteiger charge is -2.41. The first-order valence-electron chi connectivity index (χ1n) is 15.3. The molecular weight excluding hydrogens is 622 g/mol. The molecule has 4 aromatic rings. The van der Waals surface area contributed by atoms with E-state index in [-0.39, 0.29) is 31.1 Å². The van der Waals surface area contributed by atoms with Crippen molar-refractivity contribution < 1.29 is 48.5 Å². The van der Waals surface area contributed by atoms with Crippen LogP contribution >= 0.6 is 0 Å². The van der Waals surface area contributed by atoms with Gasteiger partial charge in [-0.05, 0) is 35.6 Å². The van der Waals surface area contributed by atoms with Crippen molar-refractivity contribution in [3.05, 3.63) is 108 Å². The molecule has 1 heterocycles. The van der Waals surface area contributed by atoms with Crippen molar-refractivity contribution in [1.29, 1.82) is 0 Å². The number of nitrogens with zero attached hydrogens (tertiary/aromatic N) is 1. The zero-order valence-corrected chi connectivity index (χ0v) is 26.5. The zero-order chi connectivity index (χ0) is 34.7. The Hall–Kier alpha value is -5.85. The smallest absolute Gasteiger partial charge is 0.481 e. The minimum Gasteiger partial charge on any atom is -0.481 e. The normalized spacial score (nSPS) is 13.4. The van der Waals surface area contributed by atoms with E-state index in [2.05, 4.69) is 10.3 Å². The summed E-state index contributed by atoms with van der Waals surface area (Å²) >= 11 is 0. The van der Waals surface area contributed by atoms with Crippen LogP contribution in [-0.2, 0) is 48.3 Å². The Balaban J connectivity index is 1.74. The number of aliphatic carboxylic acids is 2. The van der Waals surface area contributed by atoms with Gasteiger partial charge in [-0.3, -0.25) is 9.59 Å². The summed E-state index contributed by atoms with van der Waals surface area (Å²) in [5.74, 6) is -6.22. The predicted octanol–water partition coefficient (Wildman–Crippen LogP) is 5.45. The van der Waals surface area contributed by atoms with Crippen LogP contribution in [0.15, 0.2) is 91.1 Å². The molecule has 1 unspecified atom stereocenters. The number of para-hydroxylation sites is 1. The van der Waals surface area contributed by atoms with Gasteiger partial charge in [-0.15, -0.1) is 5.06 Å². The summed E-state index contributed by atoms with van der Waals surface area (Å²) in [5.41, 5.74) is -0.0713. The van der Waals surface area contributed by atoms with Gasteiger partial charge in [0.1, 0.15) is 19.3 Å². The molecule has 3 aromatic carbocycles. The number of amides is 2. The zero-order valence-electron chi connectivity index (χ0n) is 26.5. The summed E-state index contributed by atoms with van der Waals surface area (Å²) in [5, 5.41) is 24.1. The Kier molecular flexibility index (Phi) is 11.8. The van der Waals surface area contributed by atoms with Crippen LogP contribution in [0.5, 0.6) is 0 Å². The summed E-state index contributed by atoms with van der Waals surface area (Å²) < 4.78 is 10.6. The maximum absolute atomic E-state index is 14.5. The third-order valence-corrected chi connectivity index (χ3v) is 8.02. The molecule has 13 nitrogen and oxygen atoms in total. The van der Waals surface area contributed by atoms with E-state index in [0.717, 1.165) is 5.52 Å². The molecule has 48 heavy (non-hydrogen) atoms. The number of aromatic nitrogens is 1. The number of aromatic amines is 1. The number of fused-ring (bicyclic) bond motifs is 1. The first kappa shape index (κ1) is 35.0. The van der Waals surface area contributed by atoms with E-state index in [9.17, 15) is 34.2 Å². The number of hydrogen-bond donors (Lipinski definition) is 4. The van der Waals surface area contributed by atoms with Crippen LogP contribution in [0.3, 0.4) is 0 Å². The number of alkyl carbamates (subject to hydrolysis) is 1. The van der Waals surface area contributed by atoms with Gasteiger partial charge >= 0.3 is 24.2 Å². The van der Waals surface area contributed by atoms with E-state index in [4.69, 9.17) is 14.3 Å². The van der Waals surface area contributed by atoms with Crippen LogP contribution in [0.2, 0.25) is 0 Å². The number of carboxylic acid groups (broad SMARTS) is 2. The average Bonchev–Trinajstić information content (AvgIpc) is 3.50. The van der Waals surface area contributed by atoms with Crippen molar-refractivity contribution in [2.45, 2.75) is 57.9 Å². The Morgan fingerprint density at radius 1 is 0.833 bits per heavy atom. The Morgan fingerprint density at radius 3 is 1.98 bits per heavy atom. The number of benzene rings is 3. The number of carboxylic acids is 2. The summed E-state index contributed by atoms with van der Waals surface area (Å²) in [6, 6.07) is 22.9. The minimum absolute atomic E-state index is 0.141. The number of carbonyl (C=O) groups is 5. The standard InChI is InChI=1S/C35H37N3O10/c1-3-27(31(40)41)35(4-2,32(42)43)38(48-34(45)47-22-24-15-9-6-10-16-24)30(39)29(19-25-20-36-28-18-12-11-17-26(25)28)37-33(44)46-21-23-13-7-5-8-14-23/h5-18,20,27,29,36H,3-4,19,21-22H2,1-2H3,(H,37,44)(H,40,41)(H,42,43)/t27?,29-,35-/m0/s1. The summed E-state index contributed by atoms with van der Waals surface area (Å²) in [4.78, 5) is 74.7. The quantitative estimate of drug-likeness (QED) is 0.100. The largest absolute Gasteiger partial charge is 0.533 e. The number of hydroxylamine groups is 2. The Morgan fingerprint density at radius 2 is 1.42 bits per heavy atom. The number of ether oxygens (including phenoxy) is 2. The third kappa shape index (κ3) is 8.10. The fourth-order valence-electron chi connectivity index (χ4n) is 5.54. The van der Waals surface area contributed by atoms with Gasteiger partial charge in [-0.1, -0.05) is 92.7 Å². The minimum atomic E-state index is -2.60. The lowest BCUT2D eigenvalue weighted by Crippen LogP contribution is -2.66. The molecule has 4 N–H and O–H groups in total. The number of carbonyl (C=O) groups excluding carboxylic acids is 3. The molecule has 3 atom stereocenters. The number of H-pyrrole nitrogens is 1. The van der Waals surface area contributed by atoms with Crippen LogP contribution in [0.4, 0.5) is 9.59 Å². The first-order valence-corrected chi connectivity index (χ1v) is 15.3. The summed E-state index contributed by atoms with van der Waals surface area (Å²) in [6.45, 7) is 2.37. The lowest BCUT2D eigenvalue weighted by molar-refractivity contribution is -0.225. The molecule has 0 fully saturated rings. The molecule has 252 valence electrons. The molecule has 0 aliphatic rings. The molecule has 0 aliphatic heterocycles. The monoisotopic (exact) mass is 659 g/mol. The van der Waals surface area contributed by atoms with E-state index >= 15 is 0 Å². The van der Waals surface area contributed by atoms with E-state index in [1.165, 1.54) is 13.8 Å². The van der Waals surface area contributed by atoms with Crippen LogP contribution in [0.1, 0.15) is 43.4 Å². The van der Waals surface area contributed by atoms with Gasteiger partial charge in [0, 0.05) is 23.5 Å². The van der Waals surface area contributed by atoms with Gasteiger partial charge in [0.25, 0.3) is 5.91 Å². The fraction of sp³-hybridized carbons (Fsp3) is 0.286. The van der Waals surface area contributed by atoms with Crippen molar-refractivity contribution in [2.24, 2.45) is 5.92 Å². The SMILES string of the molecule is CCC(C(=O)O)[C@@](CC)(C(=O)O)N(OC(=O)OCc1ccccc1)C(=O)[C@H](Cc1c[nH]c2ccccc12)NC(=O)OCc1ccccc1. The van der Waals surface area contributed by atoms with Gasteiger partial charge in [0.05, 0.1) is 5.92 Å².